The number of carbonyl (C=O) groups excluding carboxylic acids is 2. The first-order valence-corrected chi connectivity index (χ1v) is 8.24. The van der Waals surface area contributed by atoms with Gasteiger partial charge in [0, 0.05) is 11.5 Å². The fourth-order valence-electron chi connectivity index (χ4n) is 2.34. The third-order valence-corrected chi connectivity index (χ3v) is 3.94. The van der Waals surface area contributed by atoms with Gasteiger partial charge in [-0.15, -0.1) is 0 Å². The minimum absolute atomic E-state index is 0.210. The molecule has 0 aliphatic rings. The van der Waals surface area contributed by atoms with Crippen molar-refractivity contribution in [1.82, 2.24) is 4.98 Å². The summed E-state index contributed by atoms with van der Waals surface area (Å²) in [6.45, 7) is 1.34. The topological polar surface area (TPSA) is 68.3 Å². The lowest BCUT2D eigenvalue weighted by atomic mass is 10.1. The van der Waals surface area contributed by atoms with E-state index in [1.807, 2.05) is 0 Å². The second-order valence-electron chi connectivity index (χ2n) is 5.70. The minimum atomic E-state index is -1.19. The Hall–Kier alpha value is -3.06. The standard InChI is InChI=1S/C19H13ClF2N2O3/c1-10(18(25)24-16-6-4-13(21)9-14(16)22)27-19(26)12-2-5-15-11(8-12)3-7-17(20)23-15/h2-10H,1H3,(H,24,25). The Morgan fingerprint density at radius 2 is 1.89 bits per heavy atom. The first-order valence-electron chi connectivity index (χ1n) is 7.87. The number of ether oxygens (including phenoxy) is 1. The van der Waals surface area contributed by atoms with Gasteiger partial charge < -0.3 is 10.1 Å². The number of amides is 1. The van der Waals surface area contributed by atoms with Gasteiger partial charge in [0.05, 0.1) is 16.8 Å². The highest BCUT2D eigenvalue weighted by Gasteiger charge is 2.20. The van der Waals surface area contributed by atoms with E-state index in [4.69, 9.17) is 16.3 Å². The van der Waals surface area contributed by atoms with Crippen molar-refractivity contribution in [3.63, 3.8) is 0 Å². The van der Waals surface area contributed by atoms with E-state index in [-0.39, 0.29) is 11.3 Å². The van der Waals surface area contributed by atoms with E-state index < -0.39 is 29.6 Å². The Bertz CT molecular complexity index is 1040. The molecular formula is C19H13ClF2N2O3. The Kier molecular flexibility index (Phi) is 5.32. The highest BCUT2D eigenvalue weighted by atomic mass is 35.5. The van der Waals surface area contributed by atoms with Crippen molar-refractivity contribution >= 4 is 40.1 Å². The van der Waals surface area contributed by atoms with Gasteiger partial charge >= 0.3 is 5.97 Å². The molecule has 3 aromatic rings. The fraction of sp³-hybridized carbons (Fsp3) is 0.105. The van der Waals surface area contributed by atoms with E-state index in [2.05, 4.69) is 10.3 Å². The number of hydrogen-bond acceptors (Lipinski definition) is 4. The minimum Gasteiger partial charge on any atom is -0.449 e. The van der Waals surface area contributed by atoms with Crippen LogP contribution < -0.4 is 5.32 Å². The normalized spacial score (nSPS) is 11.9. The second-order valence-corrected chi connectivity index (χ2v) is 6.09. The predicted molar refractivity (Wildman–Crippen MR) is 96.6 cm³/mol. The zero-order chi connectivity index (χ0) is 19.6. The molecule has 27 heavy (non-hydrogen) atoms. The van der Waals surface area contributed by atoms with Crippen LogP contribution in [0.15, 0.2) is 48.5 Å². The molecule has 3 rings (SSSR count). The molecular weight excluding hydrogens is 378 g/mol. The average molecular weight is 391 g/mol. The predicted octanol–water partition coefficient (Wildman–Crippen LogP) is 4.35. The van der Waals surface area contributed by atoms with Crippen LogP contribution in [-0.4, -0.2) is 23.0 Å². The van der Waals surface area contributed by atoms with Crippen molar-refractivity contribution in [2.75, 3.05) is 5.32 Å². The monoisotopic (exact) mass is 390 g/mol. The van der Waals surface area contributed by atoms with Gasteiger partial charge in [0.15, 0.2) is 6.10 Å². The molecule has 8 heteroatoms. The lowest BCUT2D eigenvalue weighted by molar-refractivity contribution is -0.123. The highest BCUT2D eigenvalue weighted by Crippen LogP contribution is 2.19. The van der Waals surface area contributed by atoms with Crippen molar-refractivity contribution in [2.45, 2.75) is 13.0 Å². The summed E-state index contributed by atoms with van der Waals surface area (Å²) in [5.74, 6) is -3.17. The number of halogens is 3. The van der Waals surface area contributed by atoms with Gasteiger partial charge in [-0.1, -0.05) is 11.6 Å². The maximum absolute atomic E-state index is 13.6. The van der Waals surface area contributed by atoms with Crippen LogP contribution in [0.4, 0.5) is 14.5 Å². The molecule has 0 spiro atoms. The Balaban J connectivity index is 1.69. The van der Waals surface area contributed by atoms with Crippen molar-refractivity contribution in [1.29, 1.82) is 0 Å². The number of anilines is 1. The quantitative estimate of drug-likeness (QED) is 0.531. The lowest BCUT2D eigenvalue weighted by Gasteiger charge is -2.14. The number of aromatic nitrogens is 1. The molecule has 0 fully saturated rings. The number of nitrogens with zero attached hydrogens (tertiary/aromatic N) is 1. The van der Waals surface area contributed by atoms with E-state index in [0.717, 1.165) is 12.1 Å². The molecule has 1 aromatic heterocycles. The molecule has 0 aliphatic carbocycles. The summed E-state index contributed by atoms with van der Waals surface area (Å²) in [4.78, 5) is 28.5. The van der Waals surface area contributed by atoms with Gasteiger partial charge in [-0.2, -0.15) is 0 Å². The summed E-state index contributed by atoms with van der Waals surface area (Å²) < 4.78 is 31.6. The van der Waals surface area contributed by atoms with Crippen LogP contribution in [0.2, 0.25) is 5.15 Å². The zero-order valence-corrected chi connectivity index (χ0v) is 14.8. The summed E-state index contributed by atoms with van der Waals surface area (Å²) in [6, 6.07) is 10.7. The van der Waals surface area contributed by atoms with Crippen LogP contribution in [0.3, 0.4) is 0 Å². The van der Waals surface area contributed by atoms with Crippen LogP contribution in [0.25, 0.3) is 10.9 Å². The lowest BCUT2D eigenvalue weighted by Crippen LogP contribution is -2.30. The molecule has 0 saturated heterocycles. The average Bonchev–Trinajstić information content (AvgIpc) is 2.63. The Morgan fingerprint density at radius 3 is 2.63 bits per heavy atom. The Morgan fingerprint density at radius 1 is 1.11 bits per heavy atom. The van der Waals surface area contributed by atoms with Crippen molar-refractivity contribution in [2.24, 2.45) is 0 Å². The van der Waals surface area contributed by atoms with Gasteiger partial charge in [-0.25, -0.2) is 18.6 Å². The van der Waals surface area contributed by atoms with Crippen LogP contribution >= 0.6 is 11.6 Å². The first-order chi connectivity index (χ1) is 12.8. The van der Waals surface area contributed by atoms with Crippen LogP contribution in [0, 0.1) is 11.6 Å². The molecule has 5 nitrogen and oxygen atoms in total. The first kappa shape index (κ1) is 18.7. The molecule has 2 aromatic carbocycles. The molecule has 0 radical (unpaired) electrons. The van der Waals surface area contributed by atoms with Gasteiger partial charge in [-0.3, -0.25) is 4.79 Å². The van der Waals surface area contributed by atoms with Crippen molar-refractivity contribution in [3.8, 4) is 0 Å². The SMILES string of the molecule is CC(OC(=O)c1ccc2nc(Cl)ccc2c1)C(=O)Nc1ccc(F)cc1F. The van der Waals surface area contributed by atoms with E-state index >= 15 is 0 Å². The van der Waals surface area contributed by atoms with Crippen molar-refractivity contribution < 1.29 is 23.1 Å². The fourth-order valence-corrected chi connectivity index (χ4v) is 2.49. The molecule has 1 atom stereocenters. The number of nitrogens with one attached hydrogen (secondary N) is 1. The van der Waals surface area contributed by atoms with E-state index in [1.54, 1.807) is 24.3 Å². The third kappa shape index (κ3) is 4.38. The molecule has 0 aliphatic heterocycles. The second kappa shape index (κ2) is 7.67. The zero-order valence-electron chi connectivity index (χ0n) is 14.0. The number of carbonyl (C=O) groups is 2. The summed E-state index contributed by atoms with van der Waals surface area (Å²) in [5, 5.41) is 3.26. The molecule has 1 N–H and O–H groups in total. The summed E-state index contributed by atoms with van der Waals surface area (Å²) >= 11 is 5.82. The molecule has 1 heterocycles. The summed E-state index contributed by atoms with van der Waals surface area (Å²) in [6.07, 6.45) is -1.19. The number of esters is 1. The van der Waals surface area contributed by atoms with Gasteiger partial charge in [-0.05, 0) is 49.4 Å². The van der Waals surface area contributed by atoms with E-state index in [0.29, 0.717) is 22.1 Å². The van der Waals surface area contributed by atoms with Gasteiger partial charge in [0.1, 0.15) is 16.8 Å². The molecule has 138 valence electrons. The molecule has 1 amide bonds. The summed E-state index contributed by atoms with van der Waals surface area (Å²) in [5.41, 5.74) is 0.619. The molecule has 0 saturated carbocycles. The van der Waals surface area contributed by atoms with Crippen molar-refractivity contribution in [3.05, 3.63) is 70.9 Å². The van der Waals surface area contributed by atoms with Crippen LogP contribution in [-0.2, 0) is 9.53 Å². The number of pyridine rings is 1. The summed E-state index contributed by atoms with van der Waals surface area (Å²) in [7, 11) is 0. The number of rotatable bonds is 4. The van der Waals surface area contributed by atoms with Crippen LogP contribution in [0.1, 0.15) is 17.3 Å². The number of hydrogen-bond donors (Lipinski definition) is 1. The molecule has 1 unspecified atom stereocenters. The van der Waals surface area contributed by atoms with E-state index in [9.17, 15) is 18.4 Å². The van der Waals surface area contributed by atoms with Gasteiger partial charge in [0.25, 0.3) is 5.91 Å². The Labute approximate surface area is 157 Å². The highest BCUT2D eigenvalue weighted by molar-refractivity contribution is 6.29. The smallest absolute Gasteiger partial charge is 0.338 e. The van der Waals surface area contributed by atoms with Gasteiger partial charge in [0.2, 0.25) is 0 Å². The maximum Gasteiger partial charge on any atom is 0.338 e. The van der Waals surface area contributed by atoms with E-state index in [1.165, 1.54) is 13.0 Å². The maximum atomic E-state index is 13.6. The number of benzene rings is 2. The molecule has 0 bridgehead atoms. The number of fused-ring (bicyclic) bond motifs is 1. The largest absolute Gasteiger partial charge is 0.449 e. The third-order valence-electron chi connectivity index (χ3n) is 3.73. The van der Waals surface area contributed by atoms with Crippen LogP contribution in [0.5, 0.6) is 0 Å².